The molecular formula is C22H25N3O5. The van der Waals surface area contributed by atoms with Crippen molar-refractivity contribution in [1.82, 2.24) is 10.2 Å². The fourth-order valence-electron chi connectivity index (χ4n) is 3.35. The van der Waals surface area contributed by atoms with Gasteiger partial charge in [-0.1, -0.05) is 47.6 Å². The summed E-state index contributed by atoms with van der Waals surface area (Å²) < 4.78 is 0. The summed E-state index contributed by atoms with van der Waals surface area (Å²) in [7, 11) is 1.41. The first-order valence-electron chi connectivity index (χ1n) is 9.65. The maximum absolute atomic E-state index is 13.1. The molecule has 1 fully saturated rings. The molecule has 0 aliphatic carbocycles. The molecule has 0 bridgehead atoms. The van der Waals surface area contributed by atoms with Crippen LogP contribution in [0.1, 0.15) is 16.8 Å². The Hall–Kier alpha value is -3.23. The minimum atomic E-state index is -1.06. The molecule has 0 radical (unpaired) electrons. The van der Waals surface area contributed by atoms with Crippen molar-refractivity contribution >= 4 is 17.5 Å². The zero-order chi connectivity index (χ0) is 21.5. The summed E-state index contributed by atoms with van der Waals surface area (Å²) in [5.41, 5.74) is 3.07. The van der Waals surface area contributed by atoms with Crippen LogP contribution in [0.5, 0.6) is 0 Å². The number of nitrogens with zero attached hydrogens (tertiary/aromatic N) is 2. The van der Waals surface area contributed by atoms with Gasteiger partial charge in [0.2, 0.25) is 5.91 Å². The second kappa shape index (κ2) is 10.00. The molecule has 8 heteroatoms. The first-order chi connectivity index (χ1) is 14.5. The van der Waals surface area contributed by atoms with Gasteiger partial charge in [0, 0.05) is 18.5 Å². The average Bonchev–Trinajstić information content (AvgIpc) is 3.21. The molecule has 1 heterocycles. The van der Waals surface area contributed by atoms with Crippen molar-refractivity contribution in [3.63, 3.8) is 0 Å². The Kier molecular flexibility index (Phi) is 7.16. The van der Waals surface area contributed by atoms with Crippen LogP contribution in [0.15, 0.2) is 59.8 Å². The molecule has 8 nitrogen and oxygen atoms in total. The van der Waals surface area contributed by atoms with E-state index in [0.29, 0.717) is 11.3 Å². The van der Waals surface area contributed by atoms with E-state index in [9.17, 15) is 14.7 Å². The number of carbonyl (C=O) groups excluding carboxylic acids is 2. The number of rotatable bonds is 7. The van der Waals surface area contributed by atoms with E-state index in [0.717, 1.165) is 11.1 Å². The Morgan fingerprint density at radius 1 is 1.17 bits per heavy atom. The normalized spacial score (nSPS) is 18.3. The van der Waals surface area contributed by atoms with Crippen molar-refractivity contribution in [2.45, 2.75) is 18.6 Å². The standard InChI is InChI=1S/C22H25N3O5/c1-30-24-18-11-20(21(28)23-12-19(27)14-26)25(13-18)22(29)17-9-7-16(8-10-17)15-5-3-2-4-6-15/h2-10,19-20,26-27H,11-14H2,1H3,(H,23,28)/b24-18-/t19?,20-/m0/s1. The number of aliphatic hydroxyl groups is 2. The number of benzene rings is 2. The first kappa shape index (κ1) is 21.5. The molecular weight excluding hydrogens is 386 g/mol. The van der Waals surface area contributed by atoms with E-state index < -0.39 is 24.7 Å². The van der Waals surface area contributed by atoms with E-state index >= 15 is 0 Å². The van der Waals surface area contributed by atoms with Gasteiger partial charge in [-0.25, -0.2) is 0 Å². The largest absolute Gasteiger partial charge is 0.399 e. The van der Waals surface area contributed by atoms with Crippen molar-refractivity contribution in [3.8, 4) is 11.1 Å². The Labute approximate surface area is 174 Å². The topological polar surface area (TPSA) is 111 Å². The predicted molar refractivity (Wildman–Crippen MR) is 112 cm³/mol. The molecule has 1 saturated heterocycles. The number of hydrogen-bond donors (Lipinski definition) is 3. The Bertz CT molecular complexity index is 899. The number of amides is 2. The van der Waals surface area contributed by atoms with Gasteiger partial charge >= 0.3 is 0 Å². The predicted octanol–water partition coefficient (Wildman–Crippen LogP) is 1.04. The van der Waals surface area contributed by atoms with Gasteiger partial charge in [0.15, 0.2) is 0 Å². The number of hydrogen-bond acceptors (Lipinski definition) is 6. The maximum atomic E-state index is 13.1. The Balaban J connectivity index is 1.77. The minimum Gasteiger partial charge on any atom is -0.399 e. The molecule has 158 valence electrons. The van der Waals surface area contributed by atoms with E-state index in [1.165, 1.54) is 12.0 Å². The number of nitrogens with one attached hydrogen (secondary N) is 1. The summed E-state index contributed by atoms with van der Waals surface area (Å²) in [5, 5.41) is 24.9. The van der Waals surface area contributed by atoms with E-state index in [4.69, 9.17) is 9.94 Å². The minimum absolute atomic E-state index is 0.101. The molecule has 0 aromatic heterocycles. The zero-order valence-corrected chi connectivity index (χ0v) is 16.7. The molecule has 2 aromatic carbocycles. The van der Waals surface area contributed by atoms with Crippen molar-refractivity contribution in [2.75, 3.05) is 26.8 Å². The molecule has 1 unspecified atom stereocenters. The fraction of sp³-hybridized carbons (Fsp3) is 0.318. The van der Waals surface area contributed by atoms with E-state index in [1.54, 1.807) is 12.1 Å². The zero-order valence-electron chi connectivity index (χ0n) is 16.7. The smallest absolute Gasteiger partial charge is 0.254 e. The van der Waals surface area contributed by atoms with Crippen molar-refractivity contribution in [1.29, 1.82) is 0 Å². The van der Waals surface area contributed by atoms with E-state index in [2.05, 4.69) is 10.5 Å². The van der Waals surface area contributed by atoms with Crippen LogP contribution in [0.3, 0.4) is 0 Å². The van der Waals surface area contributed by atoms with Crippen LogP contribution in [0.2, 0.25) is 0 Å². The van der Waals surface area contributed by atoms with Crippen LogP contribution < -0.4 is 5.32 Å². The lowest BCUT2D eigenvalue weighted by molar-refractivity contribution is -0.125. The average molecular weight is 411 g/mol. The quantitative estimate of drug-likeness (QED) is 0.590. The van der Waals surface area contributed by atoms with Gasteiger partial charge in [-0.3, -0.25) is 9.59 Å². The van der Waals surface area contributed by atoms with Crippen molar-refractivity contribution in [2.24, 2.45) is 5.16 Å². The first-order valence-corrected chi connectivity index (χ1v) is 9.65. The van der Waals surface area contributed by atoms with Gasteiger partial charge in [0.25, 0.3) is 5.91 Å². The van der Waals surface area contributed by atoms with Gasteiger partial charge in [0.1, 0.15) is 13.2 Å². The number of oxime groups is 1. The molecule has 2 amide bonds. The molecule has 30 heavy (non-hydrogen) atoms. The molecule has 1 aliphatic rings. The SMILES string of the molecule is CO/N=C1/C[C@@H](C(=O)NCC(O)CO)N(C(=O)c2ccc(-c3ccccc3)cc2)C1. The van der Waals surface area contributed by atoms with Crippen LogP contribution in [-0.4, -0.2) is 71.6 Å². The molecule has 3 N–H and O–H groups in total. The van der Waals surface area contributed by atoms with Gasteiger partial charge in [-0.15, -0.1) is 0 Å². The molecule has 0 saturated carbocycles. The van der Waals surface area contributed by atoms with E-state index in [1.807, 2.05) is 42.5 Å². The number of aliphatic hydroxyl groups excluding tert-OH is 2. The Morgan fingerprint density at radius 3 is 2.47 bits per heavy atom. The highest BCUT2D eigenvalue weighted by atomic mass is 16.6. The van der Waals surface area contributed by atoms with Crippen molar-refractivity contribution < 1.29 is 24.6 Å². The molecule has 2 aromatic rings. The highest BCUT2D eigenvalue weighted by Gasteiger charge is 2.38. The lowest BCUT2D eigenvalue weighted by Gasteiger charge is -2.24. The van der Waals surface area contributed by atoms with Crippen LogP contribution in [0.4, 0.5) is 0 Å². The molecule has 3 rings (SSSR count). The third kappa shape index (κ3) is 5.03. The summed E-state index contributed by atoms with van der Waals surface area (Å²) >= 11 is 0. The van der Waals surface area contributed by atoms with Crippen LogP contribution in [-0.2, 0) is 9.63 Å². The fourth-order valence-corrected chi connectivity index (χ4v) is 3.35. The maximum Gasteiger partial charge on any atom is 0.254 e. The highest BCUT2D eigenvalue weighted by Crippen LogP contribution is 2.23. The summed E-state index contributed by atoms with van der Waals surface area (Å²) in [4.78, 5) is 32.0. The van der Waals surface area contributed by atoms with E-state index in [-0.39, 0.29) is 25.4 Å². The molecule has 1 aliphatic heterocycles. The number of carbonyl (C=O) groups is 2. The summed E-state index contributed by atoms with van der Waals surface area (Å²) in [6.45, 7) is -0.387. The third-order valence-corrected chi connectivity index (χ3v) is 4.90. The number of likely N-dealkylation sites (tertiary alicyclic amines) is 1. The van der Waals surface area contributed by atoms with Crippen LogP contribution in [0.25, 0.3) is 11.1 Å². The van der Waals surface area contributed by atoms with Crippen LogP contribution in [0, 0.1) is 0 Å². The third-order valence-electron chi connectivity index (χ3n) is 4.90. The summed E-state index contributed by atoms with van der Waals surface area (Å²) in [5.74, 6) is -0.711. The highest BCUT2D eigenvalue weighted by molar-refractivity contribution is 6.05. The second-order valence-electron chi connectivity index (χ2n) is 7.02. The van der Waals surface area contributed by atoms with Crippen molar-refractivity contribution in [3.05, 3.63) is 60.2 Å². The van der Waals surface area contributed by atoms with Gasteiger partial charge in [-0.05, 0) is 23.3 Å². The monoisotopic (exact) mass is 411 g/mol. The summed E-state index contributed by atoms with van der Waals surface area (Å²) in [6, 6.07) is 16.3. The lowest BCUT2D eigenvalue weighted by Crippen LogP contribution is -2.47. The molecule has 0 spiro atoms. The second-order valence-corrected chi connectivity index (χ2v) is 7.02. The Morgan fingerprint density at radius 2 is 1.83 bits per heavy atom. The molecule has 2 atom stereocenters. The summed E-state index contributed by atoms with van der Waals surface area (Å²) in [6.07, 6.45) is -0.819. The lowest BCUT2D eigenvalue weighted by atomic mass is 10.0. The van der Waals surface area contributed by atoms with Gasteiger partial charge < -0.3 is 25.3 Å². The van der Waals surface area contributed by atoms with Gasteiger partial charge in [0.05, 0.1) is 25.0 Å². The van der Waals surface area contributed by atoms with Gasteiger partial charge in [-0.2, -0.15) is 0 Å². The van der Waals surface area contributed by atoms with Crippen LogP contribution >= 0.6 is 0 Å².